The van der Waals surface area contributed by atoms with E-state index < -0.39 is 0 Å². The SMILES string of the molecule is CCCC1CCC(N)C(c2ccc(OC)cc2F)C1. The molecule has 1 saturated carbocycles. The van der Waals surface area contributed by atoms with Crippen LogP contribution in [0.25, 0.3) is 0 Å². The molecule has 2 rings (SSSR count). The maximum Gasteiger partial charge on any atom is 0.130 e. The Hall–Kier alpha value is -1.09. The van der Waals surface area contributed by atoms with E-state index in [1.165, 1.54) is 25.3 Å². The first kappa shape index (κ1) is 14.3. The zero-order chi connectivity index (χ0) is 13.8. The molecule has 3 atom stereocenters. The van der Waals surface area contributed by atoms with Crippen molar-refractivity contribution in [1.29, 1.82) is 0 Å². The Morgan fingerprint density at radius 2 is 2.16 bits per heavy atom. The molecule has 0 radical (unpaired) electrons. The maximum absolute atomic E-state index is 14.2. The van der Waals surface area contributed by atoms with Crippen LogP contribution in [-0.4, -0.2) is 13.2 Å². The summed E-state index contributed by atoms with van der Waals surface area (Å²) in [6, 6.07) is 5.21. The van der Waals surface area contributed by atoms with Crippen LogP contribution in [0, 0.1) is 11.7 Å². The number of nitrogens with two attached hydrogens (primary N) is 1. The van der Waals surface area contributed by atoms with E-state index in [1.807, 2.05) is 12.1 Å². The molecule has 3 unspecified atom stereocenters. The molecule has 0 spiro atoms. The third kappa shape index (κ3) is 3.27. The van der Waals surface area contributed by atoms with Crippen molar-refractivity contribution in [2.24, 2.45) is 11.7 Å². The van der Waals surface area contributed by atoms with Crippen LogP contribution >= 0.6 is 0 Å². The molecular formula is C16H24FNO. The second kappa shape index (κ2) is 6.38. The van der Waals surface area contributed by atoms with E-state index in [1.54, 1.807) is 7.11 Å². The van der Waals surface area contributed by atoms with Gasteiger partial charge in [-0.1, -0.05) is 25.8 Å². The summed E-state index contributed by atoms with van der Waals surface area (Å²) in [5.41, 5.74) is 6.97. The van der Waals surface area contributed by atoms with Crippen molar-refractivity contribution in [3.8, 4) is 5.75 Å². The van der Waals surface area contributed by atoms with Crippen molar-refractivity contribution in [2.45, 2.75) is 51.0 Å². The Morgan fingerprint density at radius 3 is 2.79 bits per heavy atom. The second-order valence-corrected chi connectivity index (χ2v) is 5.63. The highest BCUT2D eigenvalue weighted by Crippen LogP contribution is 2.38. The van der Waals surface area contributed by atoms with Gasteiger partial charge in [0.2, 0.25) is 0 Å². The topological polar surface area (TPSA) is 35.2 Å². The lowest BCUT2D eigenvalue weighted by Gasteiger charge is -2.34. The highest BCUT2D eigenvalue weighted by Gasteiger charge is 2.30. The molecule has 106 valence electrons. The summed E-state index contributed by atoms with van der Waals surface area (Å²) in [6.45, 7) is 2.21. The van der Waals surface area contributed by atoms with Gasteiger partial charge in [-0.15, -0.1) is 0 Å². The van der Waals surface area contributed by atoms with Crippen molar-refractivity contribution in [3.63, 3.8) is 0 Å². The fourth-order valence-electron chi connectivity index (χ4n) is 3.24. The molecule has 3 heteroatoms. The van der Waals surface area contributed by atoms with Gasteiger partial charge in [0.05, 0.1) is 7.11 Å². The Labute approximate surface area is 115 Å². The van der Waals surface area contributed by atoms with Crippen LogP contribution in [0.15, 0.2) is 18.2 Å². The summed E-state index contributed by atoms with van der Waals surface area (Å²) >= 11 is 0. The minimum atomic E-state index is -0.183. The summed E-state index contributed by atoms with van der Waals surface area (Å²) in [5.74, 6) is 1.22. The number of ether oxygens (including phenoxy) is 1. The first-order chi connectivity index (χ1) is 9.15. The summed E-state index contributed by atoms with van der Waals surface area (Å²) in [4.78, 5) is 0. The van der Waals surface area contributed by atoms with Crippen LogP contribution in [0.4, 0.5) is 4.39 Å². The summed E-state index contributed by atoms with van der Waals surface area (Å²) in [6.07, 6.45) is 5.61. The predicted octanol–water partition coefficient (Wildman–Crippen LogP) is 3.85. The molecule has 0 aromatic heterocycles. The molecule has 0 heterocycles. The van der Waals surface area contributed by atoms with Crippen molar-refractivity contribution >= 4 is 0 Å². The first-order valence-corrected chi connectivity index (χ1v) is 7.24. The third-order valence-corrected chi connectivity index (χ3v) is 4.32. The zero-order valence-electron chi connectivity index (χ0n) is 11.9. The number of rotatable bonds is 4. The average Bonchev–Trinajstić information content (AvgIpc) is 2.41. The van der Waals surface area contributed by atoms with Crippen LogP contribution < -0.4 is 10.5 Å². The number of hydrogen-bond acceptors (Lipinski definition) is 2. The smallest absolute Gasteiger partial charge is 0.130 e. The van der Waals surface area contributed by atoms with Crippen molar-refractivity contribution in [1.82, 2.24) is 0 Å². The molecule has 0 aliphatic heterocycles. The van der Waals surface area contributed by atoms with E-state index in [-0.39, 0.29) is 17.8 Å². The van der Waals surface area contributed by atoms with Crippen LogP contribution in [-0.2, 0) is 0 Å². The Balaban J connectivity index is 2.18. The molecule has 1 aromatic carbocycles. The molecule has 1 aliphatic carbocycles. The molecule has 2 nitrogen and oxygen atoms in total. The van der Waals surface area contributed by atoms with E-state index in [0.29, 0.717) is 11.7 Å². The monoisotopic (exact) mass is 265 g/mol. The van der Waals surface area contributed by atoms with Gasteiger partial charge in [-0.3, -0.25) is 0 Å². The molecule has 2 N–H and O–H groups in total. The highest BCUT2D eigenvalue weighted by molar-refractivity contribution is 5.32. The Morgan fingerprint density at radius 1 is 1.37 bits per heavy atom. The van der Waals surface area contributed by atoms with E-state index in [4.69, 9.17) is 10.5 Å². The Kier molecular flexibility index (Phi) is 4.81. The number of benzene rings is 1. The minimum Gasteiger partial charge on any atom is -0.497 e. The first-order valence-electron chi connectivity index (χ1n) is 7.24. The lowest BCUT2D eigenvalue weighted by Crippen LogP contribution is -2.35. The normalized spacial score (nSPS) is 27.3. The fourth-order valence-corrected chi connectivity index (χ4v) is 3.24. The second-order valence-electron chi connectivity index (χ2n) is 5.63. The molecule has 1 aromatic rings. The van der Waals surface area contributed by atoms with E-state index in [9.17, 15) is 4.39 Å². The molecule has 1 fully saturated rings. The standard InChI is InChI=1S/C16H24FNO/c1-3-4-11-5-8-16(18)14(9-11)13-7-6-12(19-2)10-15(13)17/h6-7,10-11,14,16H,3-5,8-9,18H2,1-2H3. The lowest BCUT2D eigenvalue weighted by molar-refractivity contribution is 0.270. The zero-order valence-corrected chi connectivity index (χ0v) is 11.9. The van der Waals surface area contributed by atoms with E-state index in [2.05, 4.69) is 6.92 Å². The van der Waals surface area contributed by atoms with Crippen LogP contribution in [0.5, 0.6) is 5.75 Å². The number of hydrogen-bond donors (Lipinski definition) is 1. The average molecular weight is 265 g/mol. The lowest BCUT2D eigenvalue weighted by atomic mass is 9.73. The van der Waals surface area contributed by atoms with Gasteiger partial charge in [0, 0.05) is 18.0 Å². The number of methoxy groups -OCH3 is 1. The van der Waals surface area contributed by atoms with Crippen molar-refractivity contribution in [3.05, 3.63) is 29.6 Å². The molecular weight excluding hydrogens is 241 g/mol. The fraction of sp³-hybridized carbons (Fsp3) is 0.625. The largest absolute Gasteiger partial charge is 0.497 e. The van der Waals surface area contributed by atoms with Gasteiger partial charge < -0.3 is 10.5 Å². The van der Waals surface area contributed by atoms with Gasteiger partial charge in [-0.25, -0.2) is 4.39 Å². The van der Waals surface area contributed by atoms with Crippen LogP contribution in [0.2, 0.25) is 0 Å². The summed E-state index contributed by atoms with van der Waals surface area (Å²) < 4.78 is 19.2. The molecule has 0 bridgehead atoms. The van der Waals surface area contributed by atoms with Gasteiger partial charge in [0.15, 0.2) is 0 Å². The van der Waals surface area contributed by atoms with E-state index >= 15 is 0 Å². The van der Waals surface area contributed by atoms with Gasteiger partial charge in [-0.05, 0) is 36.8 Å². The van der Waals surface area contributed by atoms with Crippen molar-refractivity contribution in [2.75, 3.05) is 7.11 Å². The quantitative estimate of drug-likeness (QED) is 0.897. The maximum atomic E-state index is 14.2. The highest BCUT2D eigenvalue weighted by atomic mass is 19.1. The number of halogens is 1. The minimum absolute atomic E-state index is 0.0796. The van der Waals surface area contributed by atoms with Gasteiger partial charge in [0.1, 0.15) is 11.6 Å². The predicted molar refractivity (Wildman–Crippen MR) is 75.9 cm³/mol. The molecule has 1 aliphatic rings. The Bertz CT molecular complexity index is 421. The van der Waals surface area contributed by atoms with Gasteiger partial charge in [0.25, 0.3) is 0 Å². The van der Waals surface area contributed by atoms with E-state index in [0.717, 1.165) is 18.4 Å². The van der Waals surface area contributed by atoms with Crippen molar-refractivity contribution < 1.29 is 9.13 Å². The van der Waals surface area contributed by atoms with Crippen LogP contribution in [0.3, 0.4) is 0 Å². The van der Waals surface area contributed by atoms with Crippen LogP contribution in [0.1, 0.15) is 50.5 Å². The summed E-state index contributed by atoms with van der Waals surface area (Å²) in [5, 5.41) is 0. The molecule has 19 heavy (non-hydrogen) atoms. The van der Waals surface area contributed by atoms with Gasteiger partial charge >= 0.3 is 0 Å². The summed E-state index contributed by atoms with van der Waals surface area (Å²) in [7, 11) is 1.55. The van der Waals surface area contributed by atoms with Gasteiger partial charge in [-0.2, -0.15) is 0 Å². The molecule has 0 amide bonds. The third-order valence-electron chi connectivity index (χ3n) is 4.32. The molecule has 0 saturated heterocycles.